The normalized spacial score (nSPS) is 15.8. The molecule has 2 aromatic heterocycles. The lowest BCUT2D eigenvalue weighted by Crippen LogP contribution is -2.54. The van der Waals surface area contributed by atoms with Crippen molar-refractivity contribution < 1.29 is 9.90 Å². The first-order valence-electron chi connectivity index (χ1n) is 10.3. The van der Waals surface area contributed by atoms with Crippen LogP contribution in [-0.4, -0.2) is 61.8 Å². The van der Waals surface area contributed by atoms with Gasteiger partial charge >= 0.3 is 6.09 Å². The number of hydrogen-bond acceptors (Lipinski definition) is 5. The molecule has 3 heterocycles. The van der Waals surface area contributed by atoms with Crippen molar-refractivity contribution in [2.75, 3.05) is 19.6 Å². The van der Waals surface area contributed by atoms with Gasteiger partial charge in [0, 0.05) is 50.5 Å². The van der Waals surface area contributed by atoms with E-state index in [1.165, 1.54) is 6.07 Å². The molecule has 0 unspecified atom stereocenters. The summed E-state index contributed by atoms with van der Waals surface area (Å²) in [5.41, 5.74) is 2.18. The zero-order valence-electron chi connectivity index (χ0n) is 18.1. The molecule has 8 heteroatoms. The summed E-state index contributed by atoms with van der Waals surface area (Å²) in [6.45, 7) is 8.12. The van der Waals surface area contributed by atoms with Crippen molar-refractivity contribution in [3.63, 3.8) is 0 Å². The van der Waals surface area contributed by atoms with Crippen LogP contribution in [0.4, 0.5) is 4.79 Å². The largest absolute Gasteiger partial charge is 0.465 e. The third-order valence-corrected chi connectivity index (χ3v) is 5.89. The van der Waals surface area contributed by atoms with E-state index >= 15 is 0 Å². The molecule has 0 atom stereocenters. The highest BCUT2D eigenvalue weighted by atomic mass is 16.4. The number of aromatic nitrogens is 2. The molecule has 0 aliphatic carbocycles. The molecule has 3 rings (SSSR count). The Kier molecular flexibility index (Phi) is 6.13. The Morgan fingerprint density at radius 1 is 1.33 bits per heavy atom. The lowest BCUT2D eigenvalue weighted by Gasteiger charge is -2.43. The molecule has 160 valence electrons. The quantitative estimate of drug-likeness (QED) is 0.830. The van der Waals surface area contributed by atoms with Crippen LogP contribution in [0.15, 0.2) is 23.1 Å². The van der Waals surface area contributed by atoms with Gasteiger partial charge in [0.25, 0.3) is 5.56 Å². The first-order valence-corrected chi connectivity index (χ1v) is 10.3. The van der Waals surface area contributed by atoms with Crippen LogP contribution in [0.1, 0.15) is 44.7 Å². The molecule has 30 heavy (non-hydrogen) atoms. The van der Waals surface area contributed by atoms with Crippen molar-refractivity contribution in [1.82, 2.24) is 19.4 Å². The second-order valence-corrected chi connectivity index (χ2v) is 8.87. The van der Waals surface area contributed by atoms with Crippen LogP contribution in [0.3, 0.4) is 0 Å². The summed E-state index contributed by atoms with van der Waals surface area (Å²) in [4.78, 5) is 32.1. The maximum Gasteiger partial charge on any atom is 0.407 e. The van der Waals surface area contributed by atoms with Crippen LogP contribution in [0.5, 0.6) is 0 Å². The molecule has 1 N–H and O–H groups in total. The van der Waals surface area contributed by atoms with E-state index in [2.05, 4.69) is 16.0 Å². The number of likely N-dealkylation sites (tertiary alicyclic amines) is 1. The molecular formula is C22H29N5O3. The van der Waals surface area contributed by atoms with E-state index in [4.69, 9.17) is 0 Å². The highest BCUT2D eigenvalue weighted by Crippen LogP contribution is 2.25. The molecule has 0 spiro atoms. The summed E-state index contributed by atoms with van der Waals surface area (Å²) in [6, 6.07) is 5.40. The Morgan fingerprint density at radius 3 is 2.57 bits per heavy atom. The van der Waals surface area contributed by atoms with Gasteiger partial charge in [-0.05, 0) is 51.7 Å². The van der Waals surface area contributed by atoms with Crippen LogP contribution >= 0.6 is 0 Å². The lowest BCUT2D eigenvalue weighted by atomic mass is 9.96. The topological polar surface area (TPSA) is 102 Å². The molecule has 1 saturated heterocycles. The first kappa shape index (κ1) is 21.8. The lowest BCUT2D eigenvalue weighted by molar-refractivity contribution is 0.0424. The van der Waals surface area contributed by atoms with Gasteiger partial charge in [-0.1, -0.05) is 0 Å². The molecule has 1 fully saturated rings. The fraction of sp³-hybridized carbons (Fsp3) is 0.545. The number of carboxylic acid groups (broad SMARTS) is 1. The Bertz CT molecular complexity index is 1040. The van der Waals surface area contributed by atoms with Crippen LogP contribution in [0.2, 0.25) is 0 Å². The minimum absolute atomic E-state index is 0.0102. The van der Waals surface area contributed by atoms with E-state index in [0.29, 0.717) is 23.0 Å². The van der Waals surface area contributed by atoms with Gasteiger partial charge in [-0.25, -0.2) is 4.79 Å². The highest BCUT2D eigenvalue weighted by molar-refractivity contribution is 5.80. The molecule has 8 nitrogen and oxygen atoms in total. The summed E-state index contributed by atoms with van der Waals surface area (Å²) < 4.78 is 1.55. The van der Waals surface area contributed by atoms with Crippen molar-refractivity contribution >= 4 is 17.1 Å². The Labute approximate surface area is 176 Å². The monoisotopic (exact) mass is 411 g/mol. The predicted molar refractivity (Wildman–Crippen MR) is 114 cm³/mol. The molecule has 0 bridgehead atoms. The molecule has 0 radical (unpaired) electrons. The van der Waals surface area contributed by atoms with Crippen LogP contribution in [0.25, 0.3) is 11.0 Å². The predicted octanol–water partition coefficient (Wildman–Crippen LogP) is 2.59. The van der Waals surface area contributed by atoms with Crippen LogP contribution in [0, 0.1) is 11.3 Å². The van der Waals surface area contributed by atoms with E-state index in [9.17, 15) is 20.0 Å². The number of carbonyl (C=O) groups is 1. The standard InChI is InChI=1S/C22H29N5O3/c1-22(2,3)27(21(29)30)16-7-10-26(11-8-16)12-9-17-15(13-23)14-24-18-5-6-19(28)25(4)20(17)18/h5-6,14,16H,7-12H2,1-4H3,(H,29,30). The number of nitriles is 1. The molecular weight excluding hydrogens is 382 g/mol. The average Bonchev–Trinajstić information content (AvgIpc) is 2.68. The van der Waals surface area contributed by atoms with Gasteiger partial charge < -0.3 is 19.5 Å². The second-order valence-electron chi connectivity index (χ2n) is 8.87. The second kappa shape index (κ2) is 8.44. The molecule has 1 amide bonds. The van der Waals surface area contributed by atoms with Crippen molar-refractivity contribution in [2.45, 2.75) is 51.6 Å². The van der Waals surface area contributed by atoms with Crippen LogP contribution < -0.4 is 5.56 Å². The van der Waals surface area contributed by atoms with Crippen LogP contribution in [-0.2, 0) is 13.5 Å². The van der Waals surface area contributed by atoms with E-state index in [1.807, 2.05) is 20.8 Å². The van der Waals surface area contributed by atoms with Crippen molar-refractivity contribution in [3.8, 4) is 6.07 Å². The van der Waals surface area contributed by atoms with Gasteiger partial charge in [-0.15, -0.1) is 0 Å². The van der Waals surface area contributed by atoms with Gasteiger partial charge in [0.2, 0.25) is 0 Å². The van der Waals surface area contributed by atoms with Gasteiger partial charge in [0.05, 0.1) is 16.6 Å². The zero-order valence-corrected chi connectivity index (χ0v) is 18.1. The number of nitrogens with zero attached hydrogens (tertiary/aromatic N) is 5. The van der Waals surface area contributed by atoms with Gasteiger partial charge in [0.15, 0.2) is 0 Å². The maximum atomic E-state index is 12.1. The van der Waals surface area contributed by atoms with E-state index in [1.54, 1.807) is 28.8 Å². The van der Waals surface area contributed by atoms with Gasteiger partial charge in [-0.2, -0.15) is 5.26 Å². The molecule has 1 aliphatic rings. The smallest absolute Gasteiger partial charge is 0.407 e. The third kappa shape index (κ3) is 4.31. The van der Waals surface area contributed by atoms with E-state index in [-0.39, 0.29) is 11.6 Å². The van der Waals surface area contributed by atoms with Crippen molar-refractivity contribution in [2.24, 2.45) is 7.05 Å². The maximum absolute atomic E-state index is 12.1. The number of amides is 1. The Morgan fingerprint density at radius 2 is 2.00 bits per heavy atom. The summed E-state index contributed by atoms with van der Waals surface area (Å²) >= 11 is 0. The SMILES string of the molecule is Cn1c(=O)ccc2ncc(C#N)c(CCN3CCC(N(C(=O)O)C(C)(C)C)CC3)c21. The van der Waals surface area contributed by atoms with E-state index in [0.717, 1.165) is 38.0 Å². The van der Waals surface area contributed by atoms with Crippen molar-refractivity contribution in [3.05, 3.63) is 39.8 Å². The Hall–Kier alpha value is -2.92. The Balaban J connectivity index is 1.74. The highest BCUT2D eigenvalue weighted by Gasteiger charge is 2.35. The minimum Gasteiger partial charge on any atom is -0.465 e. The number of fused-ring (bicyclic) bond motifs is 1. The fourth-order valence-corrected chi connectivity index (χ4v) is 4.44. The molecule has 1 aliphatic heterocycles. The fourth-order valence-electron chi connectivity index (χ4n) is 4.44. The first-order chi connectivity index (χ1) is 14.1. The number of piperidine rings is 1. The number of rotatable bonds is 4. The summed E-state index contributed by atoms with van der Waals surface area (Å²) in [5.74, 6) is 0. The van der Waals surface area contributed by atoms with Gasteiger partial charge in [-0.3, -0.25) is 9.78 Å². The summed E-state index contributed by atoms with van der Waals surface area (Å²) in [5, 5.41) is 19.2. The van der Waals surface area contributed by atoms with E-state index < -0.39 is 11.6 Å². The molecule has 2 aromatic rings. The number of pyridine rings is 2. The van der Waals surface area contributed by atoms with Crippen molar-refractivity contribution in [1.29, 1.82) is 5.26 Å². The summed E-state index contributed by atoms with van der Waals surface area (Å²) in [7, 11) is 1.70. The summed E-state index contributed by atoms with van der Waals surface area (Å²) in [6.07, 6.45) is 2.90. The zero-order chi connectivity index (χ0) is 22.1. The average molecular weight is 412 g/mol. The minimum atomic E-state index is -0.871. The number of hydrogen-bond donors (Lipinski definition) is 1. The third-order valence-electron chi connectivity index (χ3n) is 5.89. The molecule has 0 saturated carbocycles. The molecule has 0 aromatic carbocycles. The number of aryl methyl sites for hydroxylation is 1. The van der Waals surface area contributed by atoms with Gasteiger partial charge in [0.1, 0.15) is 6.07 Å².